The number of hydrogen-bond donors (Lipinski definition) is 3. The van der Waals surface area contributed by atoms with Crippen LogP contribution in [0.3, 0.4) is 0 Å². The maximum atomic E-state index is 11.8. The van der Waals surface area contributed by atoms with Crippen molar-refractivity contribution in [1.82, 2.24) is 10.2 Å². The number of halogens is 3. The number of primary amides is 1. The summed E-state index contributed by atoms with van der Waals surface area (Å²) in [7, 11) is 1.18. The monoisotopic (exact) mass is 284 g/mol. The van der Waals surface area contributed by atoms with Gasteiger partial charge in [0.15, 0.2) is 0 Å². The van der Waals surface area contributed by atoms with Crippen molar-refractivity contribution >= 4 is 17.7 Å². The number of rotatable bonds is 6. The first kappa shape index (κ1) is 17.2. The number of nitrogens with two attached hydrogens (primary N) is 2. The normalized spacial score (nSPS) is 12.7. The molecule has 0 heterocycles. The highest BCUT2D eigenvalue weighted by Gasteiger charge is 2.28. The first-order chi connectivity index (χ1) is 8.53. The minimum atomic E-state index is -4.53. The van der Waals surface area contributed by atoms with E-state index in [0.29, 0.717) is 0 Å². The van der Waals surface area contributed by atoms with E-state index in [1.165, 1.54) is 7.05 Å². The van der Waals surface area contributed by atoms with Crippen molar-refractivity contribution in [2.45, 2.75) is 18.6 Å². The summed E-state index contributed by atoms with van der Waals surface area (Å²) in [5.41, 5.74) is 10.2. The molecule has 0 aliphatic rings. The Bertz CT molecular complexity index is 359. The predicted octanol–water partition coefficient (Wildman–Crippen LogP) is -1.67. The van der Waals surface area contributed by atoms with Crippen molar-refractivity contribution in [3.8, 4) is 0 Å². The summed E-state index contributed by atoms with van der Waals surface area (Å²) in [4.78, 5) is 34.0. The second-order valence-corrected chi connectivity index (χ2v) is 3.86. The molecule has 0 aromatic heterocycles. The van der Waals surface area contributed by atoms with E-state index in [1.807, 2.05) is 0 Å². The molecule has 0 rings (SSSR count). The van der Waals surface area contributed by atoms with Crippen LogP contribution < -0.4 is 16.8 Å². The summed E-state index contributed by atoms with van der Waals surface area (Å²) in [5.74, 6) is -2.55. The van der Waals surface area contributed by atoms with Crippen LogP contribution in [0, 0.1) is 0 Å². The number of amides is 3. The van der Waals surface area contributed by atoms with Crippen molar-refractivity contribution in [2.24, 2.45) is 11.5 Å². The van der Waals surface area contributed by atoms with Gasteiger partial charge in [-0.3, -0.25) is 14.4 Å². The third-order valence-electron chi connectivity index (χ3n) is 1.98. The molecule has 0 radical (unpaired) electrons. The number of carbonyl (C=O) groups is 3. The fourth-order valence-electron chi connectivity index (χ4n) is 1.14. The van der Waals surface area contributed by atoms with Crippen LogP contribution in [-0.2, 0) is 14.4 Å². The number of likely N-dealkylation sites (N-methyl/N-ethyl adjacent to an activating group) is 1. The average molecular weight is 284 g/mol. The van der Waals surface area contributed by atoms with Crippen LogP contribution >= 0.6 is 0 Å². The summed E-state index contributed by atoms with van der Waals surface area (Å²) in [6.07, 6.45) is -4.94. The maximum absolute atomic E-state index is 11.8. The Labute approximate surface area is 107 Å². The molecule has 1 atom stereocenters. The molecule has 7 nitrogen and oxygen atoms in total. The molecular formula is C9H15F3N4O3. The van der Waals surface area contributed by atoms with Crippen LogP contribution in [-0.4, -0.2) is 55.0 Å². The van der Waals surface area contributed by atoms with Gasteiger partial charge in [-0.2, -0.15) is 13.2 Å². The molecule has 0 fully saturated rings. The van der Waals surface area contributed by atoms with Crippen molar-refractivity contribution in [1.29, 1.82) is 0 Å². The van der Waals surface area contributed by atoms with Gasteiger partial charge in [0.2, 0.25) is 17.7 Å². The van der Waals surface area contributed by atoms with Gasteiger partial charge in [0.1, 0.15) is 6.54 Å². The molecule has 0 spiro atoms. The maximum Gasteiger partial charge on any atom is 0.405 e. The van der Waals surface area contributed by atoms with Gasteiger partial charge in [0.05, 0.1) is 19.0 Å². The van der Waals surface area contributed by atoms with Crippen LogP contribution in [0.5, 0.6) is 0 Å². The van der Waals surface area contributed by atoms with Crippen LogP contribution in [0.15, 0.2) is 0 Å². The molecule has 0 aliphatic carbocycles. The lowest BCUT2D eigenvalue weighted by Crippen LogP contribution is -2.48. The molecule has 0 saturated heterocycles. The zero-order chi connectivity index (χ0) is 15.2. The Balaban J connectivity index is 4.22. The first-order valence-electron chi connectivity index (χ1n) is 5.15. The van der Waals surface area contributed by atoms with Crippen molar-refractivity contribution in [2.75, 3.05) is 20.1 Å². The molecular weight excluding hydrogens is 269 g/mol. The zero-order valence-corrected chi connectivity index (χ0v) is 10.2. The highest BCUT2D eigenvalue weighted by molar-refractivity contribution is 5.90. The zero-order valence-electron chi connectivity index (χ0n) is 10.2. The highest BCUT2D eigenvalue weighted by atomic mass is 19.4. The van der Waals surface area contributed by atoms with E-state index < -0.39 is 49.5 Å². The molecule has 0 saturated carbocycles. The quantitative estimate of drug-likeness (QED) is 0.540. The summed E-state index contributed by atoms with van der Waals surface area (Å²) in [6, 6.07) is -1.22. The Morgan fingerprint density at radius 2 is 1.84 bits per heavy atom. The molecule has 0 bridgehead atoms. The molecule has 0 aromatic carbocycles. The molecule has 3 amide bonds. The van der Waals surface area contributed by atoms with Crippen LogP contribution in [0.4, 0.5) is 13.2 Å². The molecule has 10 heteroatoms. The SMILES string of the molecule is CN(CC(=O)NCC(F)(F)F)C(=O)C(N)CC(N)=O. The van der Waals surface area contributed by atoms with E-state index in [4.69, 9.17) is 11.5 Å². The lowest BCUT2D eigenvalue weighted by atomic mass is 10.2. The summed E-state index contributed by atoms with van der Waals surface area (Å²) in [5, 5.41) is 1.60. The van der Waals surface area contributed by atoms with Gasteiger partial charge in [0.25, 0.3) is 0 Å². The van der Waals surface area contributed by atoms with Crippen molar-refractivity contribution < 1.29 is 27.6 Å². The van der Waals surface area contributed by atoms with E-state index in [1.54, 1.807) is 5.32 Å². The van der Waals surface area contributed by atoms with Crippen LogP contribution in [0.25, 0.3) is 0 Å². The minimum absolute atomic E-state index is 0.409. The van der Waals surface area contributed by atoms with Gasteiger partial charge in [-0.05, 0) is 0 Å². The number of nitrogens with zero attached hydrogens (tertiary/aromatic N) is 1. The summed E-state index contributed by atoms with van der Waals surface area (Å²) >= 11 is 0. The molecule has 5 N–H and O–H groups in total. The second-order valence-electron chi connectivity index (χ2n) is 3.86. The Kier molecular flexibility index (Phi) is 6.25. The average Bonchev–Trinajstić information content (AvgIpc) is 2.23. The van der Waals surface area contributed by atoms with Crippen LogP contribution in [0.2, 0.25) is 0 Å². The smallest absolute Gasteiger partial charge is 0.370 e. The summed E-state index contributed by atoms with van der Waals surface area (Å²) in [6.45, 7) is -2.08. The molecule has 0 aliphatic heterocycles. The largest absolute Gasteiger partial charge is 0.405 e. The minimum Gasteiger partial charge on any atom is -0.370 e. The van der Waals surface area contributed by atoms with E-state index in [9.17, 15) is 27.6 Å². The standard InChI is InChI=1S/C9H15F3N4O3/c1-16(8(19)5(13)2-6(14)17)3-7(18)15-4-9(10,11)12/h5H,2-4,13H2,1H3,(H2,14,17)(H,15,18). The fraction of sp³-hybridized carbons (Fsp3) is 0.667. The Hall–Kier alpha value is -1.84. The van der Waals surface area contributed by atoms with Gasteiger partial charge < -0.3 is 21.7 Å². The molecule has 110 valence electrons. The van der Waals surface area contributed by atoms with Crippen molar-refractivity contribution in [3.05, 3.63) is 0 Å². The number of hydrogen-bond acceptors (Lipinski definition) is 4. The lowest BCUT2D eigenvalue weighted by molar-refractivity contribution is -0.142. The number of nitrogens with one attached hydrogen (secondary N) is 1. The molecule has 1 unspecified atom stereocenters. The molecule has 0 aromatic rings. The number of alkyl halides is 3. The molecule has 19 heavy (non-hydrogen) atoms. The van der Waals surface area contributed by atoms with Gasteiger partial charge in [-0.25, -0.2) is 0 Å². The van der Waals surface area contributed by atoms with Gasteiger partial charge in [-0.15, -0.1) is 0 Å². The summed E-state index contributed by atoms with van der Waals surface area (Å²) < 4.78 is 35.5. The number of carbonyl (C=O) groups excluding carboxylic acids is 3. The highest BCUT2D eigenvalue weighted by Crippen LogP contribution is 2.11. The van der Waals surface area contributed by atoms with Gasteiger partial charge in [-0.1, -0.05) is 0 Å². The van der Waals surface area contributed by atoms with Crippen LogP contribution in [0.1, 0.15) is 6.42 Å². The van der Waals surface area contributed by atoms with Gasteiger partial charge in [0, 0.05) is 7.05 Å². The Morgan fingerprint density at radius 3 is 2.26 bits per heavy atom. The third-order valence-corrected chi connectivity index (χ3v) is 1.98. The Morgan fingerprint density at radius 1 is 1.32 bits per heavy atom. The van der Waals surface area contributed by atoms with Crippen molar-refractivity contribution in [3.63, 3.8) is 0 Å². The van der Waals surface area contributed by atoms with E-state index in [0.717, 1.165) is 4.90 Å². The predicted molar refractivity (Wildman–Crippen MR) is 58.5 cm³/mol. The topological polar surface area (TPSA) is 119 Å². The third kappa shape index (κ3) is 7.97. The van der Waals surface area contributed by atoms with E-state index in [-0.39, 0.29) is 0 Å². The van der Waals surface area contributed by atoms with E-state index >= 15 is 0 Å². The lowest BCUT2D eigenvalue weighted by Gasteiger charge is -2.20. The van der Waals surface area contributed by atoms with Gasteiger partial charge >= 0.3 is 6.18 Å². The van der Waals surface area contributed by atoms with E-state index in [2.05, 4.69) is 0 Å². The first-order valence-corrected chi connectivity index (χ1v) is 5.15. The fourth-order valence-corrected chi connectivity index (χ4v) is 1.14. The second kappa shape index (κ2) is 6.92.